The van der Waals surface area contributed by atoms with Crippen LogP contribution in [0.15, 0.2) is 60.7 Å². The Morgan fingerprint density at radius 1 is 1.00 bits per heavy atom. The summed E-state index contributed by atoms with van der Waals surface area (Å²) in [6.45, 7) is 2.11. The molecule has 2 nitrogen and oxygen atoms in total. The molecule has 1 amide bonds. The topological polar surface area (TPSA) is 20.3 Å². The number of hydrogen-bond donors (Lipinski definition) is 0. The zero-order valence-corrected chi connectivity index (χ0v) is 13.3. The summed E-state index contributed by atoms with van der Waals surface area (Å²) in [5.74, 6) is 0.259. The van der Waals surface area contributed by atoms with Crippen LogP contribution < -0.4 is 4.46 Å². The van der Waals surface area contributed by atoms with Gasteiger partial charge in [-0.2, -0.15) is 0 Å². The third kappa shape index (κ3) is 2.07. The molecule has 0 radical (unpaired) electrons. The molecule has 0 N–H and O–H groups in total. The zero-order valence-electron chi connectivity index (χ0n) is 11.6. The molecule has 1 heterocycles. The molecule has 20 heavy (non-hydrogen) atoms. The second-order valence-corrected chi connectivity index (χ2v) is 8.45. The van der Waals surface area contributed by atoms with E-state index in [4.69, 9.17) is 0 Å². The van der Waals surface area contributed by atoms with Crippen molar-refractivity contribution in [2.75, 3.05) is 7.05 Å². The Labute approximate surface area is 126 Å². The SMILES string of the molecule is CN1C(=O)[C@@](C)([Se]c2ccccc2)[C@H]1c1ccccc1. The zero-order chi connectivity index (χ0) is 14.2. The molecular formula is C17H17NOSe. The van der Waals surface area contributed by atoms with E-state index < -0.39 is 0 Å². The summed E-state index contributed by atoms with van der Waals surface area (Å²) in [6.07, 6.45) is 0. The number of hydrogen-bond acceptors (Lipinski definition) is 1. The van der Waals surface area contributed by atoms with Crippen molar-refractivity contribution >= 4 is 25.3 Å². The third-order valence-corrected chi connectivity index (χ3v) is 6.63. The standard InChI is InChI=1S/C17H17NOSe/c1-17(20-14-11-7-4-8-12-14)15(18(2)16(17)19)13-9-5-3-6-10-13/h3-12,15H,1-2H3/t15-,17+/m1/s1. The predicted octanol–water partition coefficient (Wildman–Crippen LogP) is 2.41. The monoisotopic (exact) mass is 331 g/mol. The van der Waals surface area contributed by atoms with E-state index in [1.54, 1.807) is 0 Å². The molecule has 0 unspecified atom stereocenters. The van der Waals surface area contributed by atoms with Crippen LogP contribution in [0.3, 0.4) is 0 Å². The summed E-state index contributed by atoms with van der Waals surface area (Å²) >= 11 is 0.137. The van der Waals surface area contributed by atoms with Crippen LogP contribution in [-0.4, -0.2) is 32.8 Å². The summed E-state index contributed by atoms with van der Waals surface area (Å²) in [4.78, 5) is 14.3. The third-order valence-electron chi connectivity index (χ3n) is 3.84. The second kappa shape index (κ2) is 5.08. The molecule has 1 aliphatic heterocycles. The summed E-state index contributed by atoms with van der Waals surface area (Å²) in [7, 11) is 1.91. The summed E-state index contributed by atoms with van der Waals surface area (Å²) in [5.41, 5.74) is 1.23. The van der Waals surface area contributed by atoms with Gasteiger partial charge < -0.3 is 0 Å². The van der Waals surface area contributed by atoms with Crippen LogP contribution in [0.2, 0.25) is 4.31 Å². The molecule has 1 fully saturated rings. The van der Waals surface area contributed by atoms with Gasteiger partial charge in [0.1, 0.15) is 0 Å². The number of β-lactam (4-membered cyclic amide) rings is 1. The maximum absolute atomic E-state index is 12.4. The van der Waals surface area contributed by atoms with Crippen molar-refractivity contribution in [2.45, 2.75) is 17.3 Å². The molecule has 0 spiro atoms. The Morgan fingerprint density at radius 2 is 1.55 bits per heavy atom. The number of likely N-dealkylation sites (tertiary alicyclic amines) is 1. The molecule has 1 aliphatic rings. The van der Waals surface area contributed by atoms with Crippen molar-refractivity contribution in [3.05, 3.63) is 66.2 Å². The Bertz CT molecular complexity index is 613. The molecule has 3 heteroatoms. The van der Waals surface area contributed by atoms with E-state index in [0.29, 0.717) is 0 Å². The predicted molar refractivity (Wildman–Crippen MR) is 82.2 cm³/mol. The number of carbonyl (C=O) groups excluding carboxylic acids is 1. The van der Waals surface area contributed by atoms with Gasteiger partial charge in [-0.1, -0.05) is 0 Å². The molecule has 2 atom stereocenters. The van der Waals surface area contributed by atoms with Crippen molar-refractivity contribution in [3.63, 3.8) is 0 Å². The maximum atomic E-state index is 12.4. The van der Waals surface area contributed by atoms with Crippen LogP contribution in [0.25, 0.3) is 0 Å². The van der Waals surface area contributed by atoms with Crippen LogP contribution >= 0.6 is 0 Å². The van der Waals surface area contributed by atoms with Crippen molar-refractivity contribution in [3.8, 4) is 0 Å². The van der Waals surface area contributed by atoms with E-state index in [9.17, 15) is 4.79 Å². The molecule has 1 saturated heterocycles. The number of benzene rings is 2. The molecule has 0 aromatic heterocycles. The molecule has 0 saturated carbocycles. The van der Waals surface area contributed by atoms with E-state index in [1.807, 2.05) is 48.3 Å². The van der Waals surface area contributed by atoms with Gasteiger partial charge in [-0.05, 0) is 0 Å². The first kappa shape index (κ1) is 13.4. The fraction of sp³-hybridized carbons (Fsp3) is 0.235. The normalized spacial score (nSPS) is 25.4. The van der Waals surface area contributed by atoms with E-state index in [-0.39, 0.29) is 31.2 Å². The first-order valence-corrected chi connectivity index (χ1v) is 8.40. The van der Waals surface area contributed by atoms with Crippen molar-refractivity contribution < 1.29 is 4.79 Å². The molecule has 102 valence electrons. The van der Waals surface area contributed by atoms with Gasteiger partial charge in [-0.25, -0.2) is 0 Å². The number of rotatable bonds is 3. The molecule has 2 aromatic carbocycles. The first-order valence-electron chi connectivity index (χ1n) is 6.69. The van der Waals surface area contributed by atoms with Gasteiger partial charge >= 0.3 is 126 Å². The van der Waals surface area contributed by atoms with Crippen LogP contribution in [0.4, 0.5) is 0 Å². The Morgan fingerprint density at radius 3 is 2.15 bits per heavy atom. The Hall–Kier alpha value is -1.57. The summed E-state index contributed by atoms with van der Waals surface area (Å²) in [6, 6.07) is 20.9. The average molecular weight is 330 g/mol. The molecule has 0 aliphatic carbocycles. The Balaban J connectivity index is 1.92. The fourth-order valence-electron chi connectivity index (χ4n) is 2.90. The van der Waals surface area contributed by atoms with Crippen LogP contribution in [-0.2, 0) is 4.79 Å². The van der Waals surface area contributed by atoms with E-state index in [0.717, 1.165) is 0 Å². The van der Waals surface area contributed by atoms with E-state index in [1.165, 1.54) is 10.0 Å². The minimum atomic E-state index is -0.273. The fourth-order valence-corrected chi connectivity index (χ4v) is 5.88. The van der Waals surface area contributed by atoms with Gasteiger partial charge in [0.2, 0.25) is 0 Å². The molecule has 2 aromatic rings. The molecule has 0 bridgehead atoms. The number of carbonyl (C=O) groups is 1. The van der Waals surface area contributed by atoms with Crippen molar-refractivity contribution in [1.82, 2.24) is 4.90 Å². The number of amides is 1. The second-order valence-electron chi connectivity index (χ2n) is 5.25. The summed E-state index contributed by atoms with van der Waals surface area (Å²) < 4.78 is 1.01. The van der Waals surface area contributed by atoms with Gasteiger partial charge in [0.15, 0.2) is 0 Å². The van der Waals surface area contributed by atoms with E-state index in [2.05, 4.69) is 31.2 Å². The quantitative estimate of drug-likeness (QED) is 0.625. The van der Waals surface area contributed by atoms with Crippen molar-refractivity contribution in [2.24, 2.45) is 0 Å². The van der Waals surface area contributed by atoms with Crippen LogP contribution in [0.5, 0.6) is 0 Å². The van der Waals surface area contributed by atoms with Crippen LogP contribution in [0.1, 0.15) is 18.5 Å². The molecule has 3 rings (SSSR count). The number of nitrogens with zero attached hydrogens (tertiary/aromatic N) is 1. The molecular weight excluding hydrogens is 313 g/mol. The van der Waals surface area contributed by atoms with Gasteiger partial charge in [-0.3, -0.25) is 0 Å². The average Bonchev–Trinajstić information content (AvgIpc) is 2.49. The van der Waals surface area contributed by atoms with Crippen LogP contribution in [0, 0.1) is 0 Å². The Kier molecular flexibility index (Phi) is 3.41. The minimum absolute atomic E-state index is 0.137. The van der Waals surface area contributed by atoms with Gasteiger partial charge in [0, 0.05) is 0 Å². The first-order chi connectivity index (χ1) is 9.63. The van der Waals surface area contributed by atoms with Crippen molar-refractivity contribution in [1.29, 1.82) is 0 Å². The summed E-state index contributed by atoms with van der Waals surface area (Å²) in [5, 5.41) is 0. The van der Waals surface area contributed by atoms with E-state index >= 15 is 0 Å². The van der Waals surface area contributed by atoms with Gasteiger partial charge in [0.05, 0.1) is 0 Å². The van der Waals surface area contributed by atoms with Gasteiger partial charge in [0.25, 0.3) is 0 Å². The van der Waals surface area contributed by atoms with Gasteiger partial charge in [-0.15, -0.1) is 0 Å².